The number of nitrogens with zero attached hydrogens (tertiary/aromatic N) is 8. The highest BCUT2D eigenvalue weighted by Gasteiger charge is 2.39. The zero-order valence-corrected chi connectivity index (χ0v) is 29.0. The zero-order chi connectivity index (χ0) is 36.8. The fourth-order valence-electron chi connectivity index (χ4n) is 6.09. The first-order valence-corrected chi connectivity index (χ1v) is 16.6. The first kappa shape index (κ1) is 37.2. The Hall–Kier alpha value is -5.02. The van der Waals surface area contributed by atoms with E-state index >= 15 is 0 Å². The molecule has 4 heterocycles. The number of hydrogen-bond acceptors (Lipinski definition) is 12. The van der Waals surface area contributed by atoms with Gasteiger partial charge < -0.3 is 54.0 Å². The number of anilines is 1. The Kier molecular flexibility index (Phi) is 11.9. The molecule has 274 valence electrons. The Balaban J connectivity index is 1.12. The van der Waals surface area contributed by atoms with E-state index in [-0.39, 0.29) is 56.7 Å². The van der Waals surface area contributed by atoms with Gasteiger partial charge in [-0.15, -0.1) is 0 Å². The number of hydrogen-bond donors (Lipinski definition) is 3. The van der Waals surface area contributed by atoms with Crippen molar-refractivity contribution in [3.63, 3.8) is 0 Å². The summed E-state index contributed by atoms with van der Waals surface area (Å²) >= 11 is 0. The van der Waals surface area contributed by atoms with Crippen LogP contribution in [-0.2, 0) is 20.9 Å². The maximum Gasteiger partial charge on any atom is 0.409 e. The number of amides is 3. The number of likely N-dealkylation sites (N-methyl/N-ethyl adjacent to an activating group) is 3. The number of carbonyl (C=O) groups is 3. The van der Waals surface area contributed by atoms with Gasteiger partial charge >= 0.3 is 18.0 Å². The molecule has 2 aliphatic heterocycles. The molecule has 0 unspecified atom stereocenters. The van der Waals surface area contributed by atoms with Crippen molar-refractivity contribution in [3.05, 3.63) is 59.8 Å². The molecule has 3 amide bonds. The molecular formula is C34H44N8O9. The van der Waals surface area contributed by atoms with E-state index in [4.69, 9.17) is 20.8 Å². The Bertz CT molecular complexity index is 1730. The lowest BCUT2D eigenvalue weighted by atomic mass is 9.92. The molecule has 3 N–H and O–H groups in total. The number of aliphatic hydroxyl groups excluding tert-OH is 3. The summed E-state index contributed by atoms with van der Waals surface area (Å²) in [6, 6.07) is 7.95. The minimum atomic E-state index is -1.42. The average Bonchev–Trinajstić information content (AvgIpc) is 3.57. The number of benzene rings is 1. The second-order valence-electron chi connectivity index (χ2n) is 12.9. The van der Waals surface area contributed by atoms with Crippen LogP contribution in [0.25, 0.3) is 15.9 Å². The highest BCUT2D eigenvalue weighted by atomic mass is 16.7. The van der Waals surface area contributed by atoms with E-state index in [1.807, 2.05) is 11.9 Å². The first-order valence-electron chi connectivity index (χ1n) is 16.6. The third-order valence-corrected chi connectivity index (χ3v) is 9.38. The number of likely N-dealkylation sites (tertiary alicyclic amines) is 1. The quantitative estimate of drug-likeness (QED) is 0.254. The molecule has 0 spiro atoms. The molecule has 0 bridgehead atoms. The van der Waals surface area contributed by atoms with Crippen molar-refractivity contribution < 1.29 is 43.9 Å². The Morgan fingerprint density at radius 3 is 2.49 bits per heavy atom. The van der Waals surface area contributed by atoms with Crippen molar-refractivity contribution >= 4 is 34.9 Å². The highest BCUT2D eigenvalue weighted by Crippen LogP contribution is 2.30. The molecule has 0 saturated carbocycles. The van der Waals surface area contributed by atoms with Crippen molar-refractivity contribution in [1.82, 2.24) is 29.2 Å². The van der Waals surface area contributed by atoms with Crippen LogP contribution in [0.1, 0.15) is 18.9 Å². The zero-order valence-electron chi connectivity index (χ0n) is 29.0. The molecule has 3 aromatic rings. The van der Waals surface area contributed by atoms with Crippen LogP contribution in [0, 0.1) is 12.5 Å². The van der Waals surface area contributed by atoms with Crippen molar-refractivity contribution in [2.75, 3.05) is 65.4 Å². The van der Waals surface area contributed by atoms with Crippen molar-refractivity contribution in [2.24, 2.45) is 5.92 Å². The van der Waals surface area contributed by atoms with Gasteiger partial charge in [0.05, 0.1) is 18.0 Å². The molecule has 2 aromatic heterocycles. The molecule has 0 radical (unpaired) electrons. The maximum atomic E-state index is 13.5. The van der Waals surface area contributed by atoms with Gasteiger partial charge in [-0.25, -0.2) is 26.1 Å². The number of fused-ring (bicyclic) bond motifs is 1. The molecule has 2 saturated heterocycles. The number of aliphatic hydroxyl groups is 3. The normalized spacial score (nSPS) is 23.3. The standard InChI is InChI=1S/C34H44N8O9/c1-21-10-12-41(27(44)16-35-2)17-25(21)40(5)30-24-11-13-42(31(24)37-20-36-30)33(47)38(3)14-15-39(4)34(48)50-18-22-6-8-23(9-7-22)51-32-29(46)28(45)26(43)19-49-32/h6-9,11,13,20-21,25-26,28-29,32,43,45-46H,10,12,14-19H2,1,3-5H3/t21-,25+,26-,28+,29-,32+/m1/s1. The first-order chi connectivity index (χ1) is 24.4. The second kappa shape index (κ2) is 16.3. The Morgan fingerprint density at radius 2 is 1.76 bits per heavy atom. The second-order valence-corrected chi connectivity index (χ2v) is 12.9. The largest absolute Gasteiger partial charge is 0.462 e. The topological polar surface area (TPSA) is 188 Å². The van der Waals surface area contributed by atoms with Crippen molar-refractivity contribution in [1.29, 1.82) is 0 Å². The Labute approximate surface area is 295 Å². The predicted octanol–water partition coefficient (Wildman–Crippen LogP) is 1.01. The van der Waals surface area contributed by atoms with E-state index in [9.17, 15) is 29.7 Å². The number of aromatic nitrogens is 3. The van der Waals surface area contributed by atoms with Gasteiger partial charge in [-0.3, -0.25) is 9.36 Å². The van der Waals surface area contributed by atoms with Crippen molar-refractivity contribution in [2.45, 2.75) is 50.6 Å². The monoisotopic (exact) mass is 708 g/mol. The van der Waals surface area contributed by atoms with Crippen LogP contribution in [0.15, 0.2) is 42.9 Å². The Morgan fingerprint density at radius 1 is 1.04 bits per heavy atom. The molecule has 6 atom stereocenters. The van der Waals surface area contributed by atoms with E-state index in [2.05, 4.69) is 21.7 Å². The lowest BCUT2D eigenvalue weighted by Gasteiger charge is -2.41. The van der Waals surface area contributed by atoms with E-state index in [1.54, 1.807) is 55.5 Å². The molecule has 2 fully saturated rings. The third kappa shape index (κ3) is 8.48. The lowest BCUT2D eigenvalue weighted by molar-refractivity contribution is -0.242. The summed E-state index contributed by atoms with van der Waals surface area (Å²) < 4.78 is 17.7. The number of carbonyl (C=O) groups excluding carboxylic acids is 3. The third-order valence-electron chi connectivity index (χ3n) is 9.38. The molecule has 2 aliphatic rings. The summed E-state index contributed by atoms with van der Waals surface area (Å²) in [5.41, 5.74) is 1.10. The van der Waals surface area contributed by atoms with E-state index < -0.39 is 30.7 Å². The molecule has 0 aliphatic carbocycles. The van der Waals surface area contributed by atoms with Crippen LogP contribution < -0.4 is 9.64 Å². The highest BCUT2D eigenvalue weighted by molar-refractivity contribution is 5.95. The number of piperidine rings is 1. The van der Waals surface area contributed by atoms with Gasteiger partial charge in [0.15, 0.2) is 5.65 Å². The fraction of sp³-hybridized carbons (Fsp3) is 0.529. The van der Waals surface area contributed by atoms with E-state index in [0.717, 1.165) is 6.42 Å². The summed E-state index contributed by atoms with van der Waals surface area (Å²) in [5, 5.41) is 30.2. The fourth-order valence-corrected chi connectivity index (χ4v) is 6.09. The van der Waals surface area contributed by atoms with Crippen LogP contribution in [0.2, 0.25) is 0 Å². The van der Waals surface area contributed by atoms with Crippen LogP contribution in [0.4, 0.5) is 15.4 Å². The summed E-state index contributed by atoms with van der Waals surface area (Å²) in [4.78, 5) is 57.4. The summed E-state index contributed by atoms with van der Waals surface area (Å²) in [5.74, 6) is 1.07. The maximum absolute atomic E-state index is 13.5. The van der Waals surface area contributed by atoms with Gasteiger partial charge in [0.2, 0.25) is 6.29 Å². The van der Waals surface area contributed by atoms with Crippen molar-refractivity contribution in [3.8, 4) is 5.75 Å². The predicted molar refractivity (Wildman–Crippen MR) is 183 cm³/mol. The summed E-state index contributed by atoms with van der Waals surface area (Å²) in [7, 11) is 5.11. The van der Waals surface area contributed by atoms with Gasteiger partial charge in [-0.2, -0.15) is 0 Å². The van der Waals surface area contributed by atoms with Gasteiger partial charge in [0.1, 0.15) is 42.8 Å². The molecule has 5 rings (SSSR count). The smallest absolute Gasteiger partial charge is 0.409 e. The van der Waals surface area contributed by atoms with Gasteiger partial charge in [0, 0.05) is 53.5 Å². The summed E-state index contributed by atoms with van der Waals surface area (Å²) in [6.07, 6.45) is -1.89. The molecule has 51 heavy (non-hydrogen) atoms. The van der Waals surface area contributed by atoms with Gasteiger partial charge in [0.25, 0.3) is 6.54 Å². The number of ether oxygens (including phenoxy) is 3. The van der Waals surface area contributed by atoms with E-state index in [1.165, 1.54) is 20.7 Å². The van der Waals surface area contributed by atoms with Gasteiger partial charge in [-0.1, -0.05) is 19.1 Å². The van der Waals surface area contributed by atoms with Crippen LogP contribution in [0.5, 0.6) is 5.75 Å². The molecular weight excluding hydrogens is 664 g/mol. The SMILES string of the molecule is [C-]#[N+]CC(=O)N1CC[C@@H](C)[C@@H](N(C)c2ncnc3c2ccn3C(=O)N(C)CCN(C)C(=O)OCc2ccc(O[C@@H]3OC[C@@H](O)[C@H](O)[C@H]3O)cc2)C1. The van der Waals surface area contributed by atoms with Crippen LogP contribution in [-0.4, -0.2) is 154 Å². The van der Waals surface area contributed by atoms with E-state index in [0.29, 0.717) is 41.3 Å². The summed E-state index contributed by atoms with van der Waals surface area (Å²) in [6.45, 7) is 10.3. The minimum Gasteiger partial charge on any atom is -0.462 e. The van der Waals surface area contributed by atoms with Crippen LogP contribution >= 0.6 is 0 Å². The average molecular weight is 709 g/mol. The van der Waals surface area contributed by atoms with Gasteiger partial charge in [-0.05, 0) is 36.1 Å². The lowest BCUT2D eigenvalue weighted by Crippen LogP contribution is -2.54. The molecule has 17 heteroatoms. The molecule has 17 nitrogen and oxygen atoms in total. The minimum absolute atomic E-state index is 0.0213. The number of rotatable bonds is 10. The molecule has 1 aromatic carbocycles. The van der Waals surface area contributed by atoms with Crippen LogP contribution in [0.3, 0.4) is 0 Å².